The molecule has 70 heavy (non-hydrogen) atoms. The number of nitrogens with zero attached hydrogens (tertiary/aromatic N) is 6. The highest BCUT2D eigenvalue weighted by molar-refractivity contribution is 6.23. The number of hydrogen-bond donors (Lipinski definition) is 1. The Kier molecular flexibility index (Phi) is 13.4. The number of anilines is 1. The number of fused-ring (bicyclic) bond motifs is 4. The van der Waals surface area contributed by atoms with Crippen LogP contribution in [0.4, 0.5) is 10.5 Å². The average molecular weight is 943 g/mol. The molecule has 6 unspecified atom stereocenters. The number of likely N-dealkylation sites (tertiary alicyclic amines) is 1. The van der Waals surface area contributed by atoms with Gasteiger partial charge in [-0.1, -0.05) is 121 Å². The maximum atomic E-state index is 16.6. The summed E-state index contributed by atoms with van der Waals surface area (Å²) in [6, 6.07) is 36.0. The highest BCUT2D eigenvalue weighted by Crippen LogP contribution is 2.66. The van der Waals surface area contributed by atoms with E-state index in [0.717, 1.165) is 59.2 Å². The maximum absolute atomic E-state index is 16.6. The Bertz CT molecular complexity index is 2930. The third-order valence-electron chi connectivity index (χ3n) is 14.0. The molecule has 15 heteroatoms. The lowest BCUT2D eigenvalue weighted by atomic mass is 9.64. The molecule has 3 fully saturated rings. The zero-order chi connectivity index (χ0) is 48.2. The minimum Gasteiger partial charge on any atom is -0.491 e. The van der Waals surface area contributed by atoms with Crippen molar-refractivity contribution in [2.24, 2.45) is 5.92 Å². The predicted molar refractivity (Wildman–Crippen MR) is 258 cm³/mol. The fourth-order valence-corrected chi connectivity index (χ4v) is 11.0. The van der Waals surface area contributed by atoms with E-state index < -0.39 is 53.5 Å². The molecule has 3 amide bonds. The van der Waals surface area contributed by atoms with E-state index in [0.29, 0.717) is 35.5 Å². The monoisotopic (exact) mass is 942 g/mol. The lowest BCUT2D eigenvalue weighted by molar-refractivity contribution is -0.179. The van der Waals surface area contributed by atoms with Gasteiger partial charge in [-0.15, -0.1) is 5.10 Å². The summed E-state index contributed by atoms with van der Waals surface area (Å²) in [5.74, 6) is 3.81. The van der Waals surface area contributed by atoms with Crippen LogP contribution in [0.15, 0.2) is 127 Å². The molecule has 1 spiro atoms. The molecule has 0 bridgehead atoms. The first-order chi connectivity index (χ1) is 34.3. The Labute approximate surface area is 405 Å². The summed E-state index contributed by atoms with van der Waals surface area (Å²) in [7, 11) is 1.48. The van der Waals surface area contributed by atoms with Crippen molar-refractivity contribution in [3.8, 4) is 17.6 Å². The molecule has 5 aromatic carbocycles. The van der Waals surface area contributed by atoms with Gasteiger partial charge in [0.2, 0.25) is 11.8 Å². The molecule has 1 aromatic heterocycles. The Hall–Kier alpha value is -7.38. The SMILES string of the molecule is COCCOC(=O)N1C(=O)C2(c3cc(C#CCn4nnc5ccccc54)ccc31)C(C(=O)N1CCCCCCC1)C1C(=O)OC(c3ccccc3)C(c3ccccc3)N1C2c1ccc(OCCO)cc1. The van der Waals surface area contributed by atoms with Gasteiger partial charge in [0.25, 0.3) is 0 Å². The molecular weight excluding hydrogens is 889 g/mol. The van der Waals surface area contributed by atoms with E-state index in [4.69, 9.17) is 18.9 Å². The van der Waals surface area contributed by atoms with Crippen LogP contribution in [-0.4, -0.2) is 106 Å². The number of methoxy groups -OCH3 is 1. The molecular formula is C55H54N6O9. The Morgan fingerprint density at radius 2 is 1.49 bits per heavy atom. The standard InChI is InChI=1S/C55H54N6O9/c1-67-34-35-69-54(66)60-44-28-23-37(16-15-31-59-45-22-12-11-21-43(45)56-57-59)36-42(44)55(53(60)65)46(51(63)58-29-13-3-2-4-14-30-58)48-52(64)70-49(39-19-9-6-10-20-39)47(38-17-7-5-8-18-38)61(48)50(55)40-24-26-41(27-25-40)68-33-32-62/h5-12,17-28,36,46-50,62H,2-4,13-14,29-35H2,1H3. The number of rotatable bonds is 11. The number of carbonyl (C=O) groups excluding carboxylic acids is 4. The lowest BCUT2D eigenvalue weighted by Crippen LogP contribution is -2.56. The molecule has 6 atom stereocenters. The second-order valence-electron chi connectivity index (χ2n) is 18.0. The number of aliphatic hydroxyl groups is 1. The number of imide groups is 1. The van der Waals surface area contributed by atoms with E-state index in [1.54, 1.807) is 35.0 Å². The number of morpholine rings is 1. The highest BCUT2D eigenvalue weighted by atomic mass is 16.6. The van der Waals surface area contributed by atoms with Crippen LogP contribution < -0.4 is 9.64 Å². The van der Waals surface area contributed by atoms with Crippen molar-refractivity contribution in [3.05, 3.63) is 155 Å². The Morgan fingerprint density at radius 3 is 2.21 bits per heavy atom. The van der Waals surface area contributed by atoms with E-state index in [9.17, 15) is 9.90 Å². The number of hydrogen-bond acceptors (Lipinski definition) is 12. The van der Waals surface area contributed by atoms with Crippen LogP contribution in [0.5, 0.6) is 5.75 Å². The van der Waals surface area contributed by atoms with Crippen LogP contribution in [-0.2, 0) is 40.6 Å². The van der Waals surface area contributed by atoms with Gasteiger partial charge in [0.1, 0.15) is 48.6 Å². The number of para-hydroxylation sites is 1. The number of aromatic nitrogens is 3. The topological polar surface area (TPSA) is 166 Å². The number of cyclic esters (lactones) is 1. The molecule has 5 heterocycles. The zero-order valence-corrected chi connectivity index (χ0v) is 38.9. The van der Waals surface area contributed by atoms with E-state index in [2.05, 4.69) is 22.2 Å². The minimum absolute atomic E-state index is 0.0525. The molecule has 0 aliphatic carbocycles. The molecule has 0 saturated carbocycles. The van der Waals surface area contributed by atoms with E-state index in [1.807, 2.05) is 107 Å². The molecule has 10 rings (SSSR count). The molecule has 4 aliphatic heterocycles. The van der Waals surface area contributed by atoms with Gasteiger partial charge in [-0.2, -0.15) is 0 Å². The summed E-state index contributed by atoms with van der Waals surface area (Å²) in [5, 5.41) is 18.2. The minimum atomic E-state index is -1.97. The molecule has 3 saturated heterocycles. The third kappa shape index (κ3) is 8.35. The fourth-order valence-electron chi connectivity index (χ4n) is 11.0. The zero-order valence-electron chi connectivity index (χ0n) is 38.9. The predicted octanol–water partition coefficient (Wildman–Crippen LogP) is 7.10. The first kappa shape index (κ1) is 46.4. The first-order valence-corrected chi connectivity index (χ1v) is 24.0. The molecule has 0 radical (unpaired) electrons. The Balaban J connectivity index is 1.24. The number of ether oxygens (including phenoxy) is 4. The number of amides is 3. The van der Waals surface area contributed by atoms with Crippen LogP contribution in [0.3, 0.4) is 0 Å². The van der Waals surface area contributed by atoms with Crippen LogP contribution >= 0.6 is 0 Å². The summed E-state index contributed by atoms with van der Waals surface area (Å²) in [6.45, 7) is 0.832. The van der Waals surface area contributed by atoms with Crippen molar-refractivity contribution in [3.63, 3.8) is 0 Å². The summed E-state index contributed by atoms with van der Waals surface area (Å²) in [6.07, 6.45) is 2.55. The summed E-state index contributed by atoms with van der Waals surface area (Å²) < 4.78 is 25.2. The number of aliphatic hydroxyl groups excluding tert-OH is 1. The molecule has 6 aromatic rings. The normalized spacial score (nSPS) is 23.2. The first-order valence-electron chi connectivity index (χ1n) is 24.0. The summed E-state index contributed by atoms with van der Waals surface area (Å²) in [4.78, 5) is 67.8. The largest absolute Gasteiger partial charge is 0.491 e. The van der Waals surface area contributed by atoms with E-state index >= 15 is 14.4 Å². The molecule has 358 valence electrons. The van der Waals surface area contributed by atoms with Gasteiger partial charge in [-0.05, 0) is 77.6 Å². The van der Waals surface area contributed by atoms with Crippen molar-refractivity contribution >= 4 is 40.6 Å². The average Bonchev–Trinajstić information content (AvgIpc) is 4.02. The van der Waals surface area contributed by atoms with Crippen molar-refractivity contribution in [1.82, 2.24) is 24.8 Å². The third-order valence-corrected chi connectivity index (χ3v) is 14.0. The lowest BCUT2D eigenvalue weighted by Gasteiger charge is -2.46. The number of benzene rings is 5. The quantitative estimate of drug-likeness (QED) is 0.0798. The van der Waals surface area contributed by atoms with Crippen molar-refractivity contribution < 1.29 is 43.2 Å². The Morgan fingerprint density at radius 1 is 0.786 bits per heavy atom. The number of carbonyl (C=O) groups is 4. The smallest absolute Gasteiger partial charge is 0.421 e. The van der Waals surface area contributed by atoms with E-state index in [1.165, 1.54) is 7.11 Å². The van der Waals surface area contributed by atoms with Crippen molar-refractivity contribution in [1.29, 1.82) is 0 Å². The van der Waals surface area contributed by atoms with Crippen LogP contribution in [0.2, 0.25) is 0 Å². The van der Waals surface area contributed by atoms with Crippen LogP contribution in [0, 0.1) is 17.8 Å². The fraction of sp³-hybridized carbons (Fsp3) is 0.345. The van der Waals surface area contributed by atoms with Gasteiger partial charge in [0.05, 0.1) is 42.4 Å². The summed E-state index contributed by atoms with van der Waals surface area (Å²) in [5.41, 5.74) is 2.73. The van der Waals surface area contributed by atoms with Crippen LogP contribution in [0.1, 0.15) is 78.1 Å². The second kappa shape index (κ2) is 20.3. The van der Waals surface area contributed by atoms with Crippen LogP contribution in [0.25, 0.3) is 11.0 Å². The number of esters is 1. The van der Waals surface area contributed by atoms with Crippen molar-refractivity contribution in [2.75, 3.05) is 51.5 Å². The molecule has 1 N–H and O–H groups in total. The highest BCUT2D eigenvalue weighted by Gasteiger charge is 2.76. The van der Waals surface area contributed by atoms with Gasteiger partial charge in [0, 0.05) is 25.8 Å². The van der Waals surface area contributed by atoms with Gasteiger partial charge in [-0.25, -0.2) is 14.4 Å². The van der Waals surface area contributed by atoms with Gasteiger partial charge < -0.3 is 29.0 Å². The van der Waals surface area contributed by atoms with Gasteiger partial charge >= 0.3 is 12.1 Å². The molecule has 15 nitrogen and oxygen atoms in total. The van der Waals surface area contributed by atoms with Crippen molar-refractivity contribution in [2.45, 2.75) is 68.3 Å². The maximum Gasteiger partial charge on any atom is 0.421 e. The van der Waals surface area contributed by atoms with Gasteiger partial charge in [-0.3, -0.25) is 19.3 Å². The second-order valence-corrected chi connectivity index (χ2v) is 18.0. The van der Waals surface area contributed by atoms with E-state index in [-0.39, 0.29) is 44.6 Å². The molecule has 4 aliphatic rings. The van der Waals surface area contributed by atoms with Gasteiger partial charge in [0.15, 0.2) is 0 Å². The summed E-state index contributed by atoms with van der Waals surface area (Å²) >= 11 is 0.